The number of hydrogen-bond donors (Lipinski definition) is 2. The van der Waals surface area contributed by atoms with Crippen molar-refractivity contribution in [3.05, 3.63) is 23.8 Å². The van der Waals surface area contributed by atoms with Crippen molar-refractivity contribution in [2.45, 2.75) is 38.1 Å². The van der Waals surface area contributed by atoms with E-state index in [1.54, 1.807) is 19.1 Å². The summed E-state index contributed by atoms with van der Waals surface area (Å²) in [4.78, 5) is 0.186. The van der Waals surface area contributed by atoms with Crippen molar-refractivity contribution in [3.8, 4) is 0 Å². The van der Waals surface area contributed by atoms with Gasteiger partial charge in [-0.25, -0.2) is 13.1 Å². The van der Waals surface area contributed by atoms with Crippen molar-refractivity contribution >= 4 is 15.7 Å². The molecular formula is C13H22N2O3S. The Kier molecular flexibility index (Phi) is 5.78. The molecule has 0 aromatic heterocycles. The maximum Gasteiger partial charge on any atom is 0.240 e. The Labute approximate surface area is 115 Å². The fourth-order valence-corrected chi connectivity index (χ4v) is 2.99. The first-order chi connectivity index (χ1) is 8.90. The SMILES string of the molecule is CCOCC(C)NS(=O)(=O)c1ccc(CC)c(N)c1. The minimum Gasteiger partial charge on any atom is -0.398 e. The van der Waals surface area contributed by atoms with E-state index in [1.165, 1.54) is 6.07 Å². The van der Waals surface area contributed by atoms with Gasteiger partial charge in [0, 0.05) is 18.3 Å². The maximum absolute atomic E-state index is 12.1. The van der Waals surface area contributed by atoms with E-state index >= 15 is 0 Å². The van der Waals surface area contributed by atoms with Gasteiger partial charge in [-0.15, -0.1) is 0 Å². The van der Waals surface area contributed by atoms with Crippen molar-refractivity contribution in [2.75, 3.05) is 18.9 Å². The zero-order chi connectivity index (χ0) is 14.5. The summed E-state index contributed by atoms with van der Waals surface area (Å²) in [6.07, 6.45) is 0.778. The summed E-state index contributed by atoms with van der Waals surface area (Å²) < 4.78 is 32.0. The molecular weight excluding hydrogens is 264 g/mol. The number of benzene rings is 1. The molecule has 0 aliphatic rings. The first-order valence-electron chi connectivity index (χ1n) is 6.39. The van der Waals surface area contributed by atoms with E-state index in [0.29, 0.717) is 18.9 Å². The summed E-state index contributed by atoms with van der Waals surface area (Å²) in [5.74, 6) is 0. The van der Waals surface area contributed by atoms with Crippen LogP contribution < -0.4 is 10.5 Å². The second kappa shape index (κ2) is 6.88. The number of hydrogen-bond acceptors (Lipinski definition) is 4. The molecule has 0 aliphatic carbocycles. The first-order valence-corrected chi connectivity index (χ1v) is 7.87. The molecule has 1 atom stereocenters. The van der Waals surface area contributed by atoms with Gasteiger partial charge in [0.05, 0.1) is 11.5 Å². The van der Waals surface area contributed by atoms with E-state index < -0.39 is 10.0 Å². The lowest BCUT2D eigenvalue weighted by atomic mass is 10.1. The number of sulfonamides is 1. The predicted octanol–water partition coefficient (Wildman–Crippen LogP) is 1.53. The molecule has 1 aromatic rings. The van der Waals surface area contributed by atoms with Crippen LogP contribution >= 0.6 is 0 Å². The Balaban J connectivity index is 2.85. The van der Waals surface area contributed by atoms with Gasteiger partial charge in [-0.1, -0.05) is 13.0 Å². The van der Waals surface area contributed by atoms with Gasteiger partial charge < -0.3 is 10.5 Å². The zero-order valence-corrected chi connectivity index (χ0v) is 12.5. The highest BCUT2D eigenvalue weighted by Gasteiger charge is 2.18. The van der Waals surface area contributed by atoms with Crippen LogP contribution in [-0.4, -0.2) is 27.7 Å². The molecule has 0 fully saturated rings. The molecule has 0 aliphatic heterocycles. The topological polar surface area (TPSA) is 81.4 Å². The molecule has 3 N–H and O–H groups in total. The van der Waals surface area contributed by atoms with Gasteiger partial charge in [0.1, 0.15) is 0 Å². The molecule has 0 spiro atoms. The highest BCUT2D eigenvalue weighted by molar-refractivity contribution is 7.89. The molecule has 0 saturated carbocycles. The van der Waals surface area contributed by atoms with Crippen LogP contribution in [0.5, 0.6) is 0 Å². The van der Waals surface area contributed by atoms with E-state index in [1.807, 2.05) is 13.8 Å². The largest absolute Gasteiger partial charge is 0.398 e. The van der Waals surface area contributed by atoms with Crippen LogP contribution in [-0.2, 0) is 21.2 Å². The van der Waals surface area contributed by atoms with E-state index in [9.17, 15) is 8.42 Å². The van der Waals surface area contributed by atoms with Crippen LogP contribution in [0.25, 0.3) is 0 Å². The second-order valence-electron chi connectivity index (χ2n) is 4.40. The van der Waals surface area contributed by atoms with Crippen LogP contribution in [0.15, 0.2) is 23.1 Å². The number of nitrogen functional groups attached to an aromatic ring is 1. The Morgan fingerprint density at radius 3 is 2.58 bits per heavy atom. The fraction of sp³-hybridized carbons (Fsp3) is 0.538. The van der Waals surface area contributed by atoms with Crippen LogP contribution in [0.1, 0.15) is 26.3 Å². The van der Waals surface area contributed by atoms with E-state index in [2.05, 4.69) is 4.72 Å². The number of ether oxygens (including phenoxy) is 1. The minimum atomic E-state index is -3.55. The van der Waals surface area contributed by atoms with Gasteiger partial charge in [0.25, 0.3) is 0 Å². The van der Waals surface area contributed by atoms with Crippen molar-refractivity contribution in [1.29, 1.82) is 0 Å². The second-order valence-corrected chi connectivity index (χ2v) is 6.11. The molecule has 0 saturated heterocycles. The van der Waals surface area contributed by atoms with Crippen LogP contribution in [0.4, 0.5) is 5.69 Å². The molecule has 0 heterocycles. The van der Waals surface area contributed by atoms with Crippen molar-refractivity contribution in [1.82, 2.24) is 4.72 Å². The third-order valence-electron chi connectivity index (χ3n) is 2.74. The number of aryl methyl sites for hydroxylation is 1. The highest BCUT2D eigenvalue weighted by Crippen LogP contribution is 2.18. The average Bonchev–Trinajstić information content (AvgIpc) is 2.35. The maximum atomic E-state index is 12.1. The summed E-state index contributed by atoms with van der Waals surface area (Å²) in [5.41, 5.74) is 7.27. The normalized spacial score (nSPS) is 13.4. The standard InChI is InChI=1S/C13H22N2O3S/c1-4-11-6-7-12(8-13(11)14)19(16,17)15-10(3)9-18-5-2/h6-8,10,15H,4-5,9,14H2,1-3H3. The Bertz CT molecular complexity index is 515. The van der Waals surface area contributed by atoms with Gasteiger partial charge in [0.2, 0.25) is 10.0 Å². The molecule has 19 heavy (non-hydrogen) atoms. The van der Waals surface area contributed by atoms with E-state index in [-0.39, 0.29) is 10.9 Å². The summed E-state index contributed by atoms with van der Waals surface area (Å²) in [6.45, 7) is 6.51. The highest BCUT2D eigenvalue weighted by atomic mass is 32.2. The summed E-state index contributed by atoms with van der Waals surface area (Å²) in [5, 5.41) is 0. The van der Waals surface area contributed by atoms with Gasteiger partial charge in [0.15, 0.2) is 0 Å². The first kappa shape index (κ1) is 15.9. The van der Waals surface area contributed by atoms with Crippen molar-refractivity contribution < 1.29 is 13.2 Å². The number of nitrogens with two attached hydrogens (primary N) is 1. The van der Waals surface area contributed by atoms with Gasteiger partial charge in [-0.2, -0.15) is 0 Å². The van der Waals surface area contributed by atoms with Crippen LogP contribution in [0, 0.1) is 0 Å². The Morgan fingerprint density at radius 1 is 1.37 bits per heavy atom. The molecule has 1 rings (SSSR count). The molecule has 0 amide bonds. The Morgan fingerprint density at radius 2 is 2.05 bits per heavy atom. The van der Waals surface area contributed by atoms with Crippen molar-refractivity contribution in [2.24, 2.45) is 0 Å². The number of anilines is 1. The summed E-state index contributed by atoms with van der Waals surface area (Å²) in [6, 6.07) is 4.54. The lowest BCUT2D eigenvalue weighted by Crippen LogP contribution is -2.35. The molecule has 108 valence electrons. The minimum absolute atomic E-state index is 0.186. The van der Waals surface area contributed by atoms with Crippen LogP contribution in [0.3, 0.4) is 0 Å². The van der Waals surface area contributed by atoms with Gasteiger partial charge >= 0.3 is 0 Å². The third kappa shape index (κ3) is 4.49. The molecule has 0 bridgehead atoms. The smallest absolute Gasteiger partial charge is 0.240 e. The zero-order valence-electron chi connectivity index (χ0n) is 11.6. The van der Waals surface area contributed by atoms with E-state index in [4.69, 9.17) is 10.5 Å². The van der Waals surface area contributed by atoms with Gasteiger partial charge in [-0.05, 0) is 38.0 Å². The number of rotatable bonds is 7. The lowest BCUT2D eigenvalue weighted by Gasteiger charge is -2.14. The monoisotopic (exact) mass is 286 g/mol. The average molecular weight is 286 g/mol. The number of nitrogens with one attached hydrogen (secondary N) is 1. The molecule has 6 heteroatoms. The molecule has 1 aromatic carbocycles. The lowest BCUT2D eigenvalue weighted by molar-refractivity contribution is 0.133. The predicted molar refractivity (Wildman–Crippen MR) is 76.5 cm³/mol. The van der Waals surface area contributed by atoms with Crippen molar-refractivity contribution in [3.63, 3.8) is 0 Å². The quantitative estimate of drug-likeness (QED) is 0.745. The summed E-state index contributed by atoms with van der Waals surface area (Å²) in [7, 11) is -3.55. The Hall–Kier alpha value is -1.11. The molecule has 0 radical (unpaired) electrons. The fourth-order valence-electron chi connectivity index (χ4n) is 1.72. The molecule has 1 unspecified atom stereocenters. The molecule has 5 nitrogen and oxygen atoms in total. The third-order valence-corrected chi connectivity index (χ3v) is 4.32. The van der Waals surface area contributed by atoms with Crippen LogP contribution in [0.2, 0.25) is 0 Å². The van der Waals surface area contributed by atoms with E-state index in [0.717, 1.165) is 12.0 Å². The summed E-state index contributed by atoms with van der Waals surface area (Å²) >= 11 is 0. The van der Waals surface area contributed by atoms with Gasteiger partial charge in [-0.3, -0.25) is 0 Å².